The van der Waals surface area contributed by atoms with Gasteiger partial charge in [-0.05, 0) is 32.4 Å². The Morgan fingerprint density at radius 3 is 2.87 bits per heavy atom. The molecule has 0 amide bonds. The summed E-state index contributed by atoms with van der Waals surface area (Å²) in [7, 11) is -1.35. The minimum absolute atomic E-state index is 0.295. The van der Waals surface area contributed by atoms with E-state index in [-0.39, 0.29) is 0 Å². The van der Waals surface area contributed by atoms with Gasteiger partial charge in [0.15, 0.2) is 5.82 Å². The number of aromatic nitrogens is 2. The highest BCUT2D eigenvalue weighted by Gasteiger charge is 2.22. The molecule has 6 nitrogen and oxygen atoms in total. The maximum atomic E-state index is 5.74. The molecule has 1 fully saturated rings. The van der Waals surface area contributed by atoms with Gasteiger partial charge >= 0.3 is 0 Å². The Labute approximate surface area is 179 Å². The lowest BCUT2D eigenvalue weighted by Crippen LogP contribution is -2.43. The average molecular weight is 427 g/mol. The molecule has 0 radical (unpaired) electrons. The van der Waals surface area contributed by atoms with E-state index >= 15 is 0 Å². The molecule has 160 valence electrons. The SMILES string of the molecule is C=S(C)(C)=Nc1cc(N2CCOC[C@H]2C)cc(-c2cc(OCC)nc3c2C=CC3)n1. The Kier molecular flexibility index (Phi) is 5.84. The molecule has 3 heterocycles. The lowest BCUT2D eigenvalue weighted by Gasteiger charge is -2.35. The lowest BCUT2D eigenvalue weighted by molar-refractivity contribution is 0.0989. The summed E-state index contributed by atoms with van der Waals surface area (Å²) in [4.78, 5) is 12.0. The Hall–Kier alpha value is -2.38. The van der Waals surface area contributed by atoms with Crippen molar-refractivity contribution in [3.8, 4) is 17.1 Å². The van der Waals surface area contributed by atoms with Crippen LogP contribution in [-0.2, 0) is 20.6 Å². The number of nitrogens with zero attached hydrogens (tertiary/aromatic N) is 4. The summed E-state index contributed by atoms with van der Waals surface area (Å²) in [6.07, 6.45) is 9.22. The van der Waals surface area contributed by atoms with Gasteiger partial charge in [-0.3, -0.25) is 0 Å². The van der Waals surface area contributed by atoms with Gasteiger partial charge in [0.05, 0.1) is 31.2 Å². The first-order chi connectivity index (χ1) is 14.3. The van der Waals surface area contributed by atoms with Gasteiger partial charge in [0.2, 0.25) is 5.88 Å². The number of pyridine rings is 2. The van der Waals surface area contributed by atoms with Crippen LogP contribution in [0.5, 0.6) is 5.88 Å². The second-order valence-electron chi connectivity index (χ2n) is 8.17. The van der Waals surface area contributed by atoms with Crippen molar-refractivity contribution < 1.29 is 9.47 Å². The number of fused-ring (bicyclic) bond motifs is 1. The Morgan fingerprint density at radius 2 is 2.13 bits per heavy atom. The van der Waals surface area contributed by atoms with Gasteiger partial charge < -0.3 is 14.4 Å². The van der Waals surface area contributed by atoms with E-state index in [2.05, 4.69) is 59.5 Å². The molecule has 1 aliphatic carbocycles. The van der Waals surface area contributed by atoms with Crippen molar-refractivity contribution in [2.24, 2.45) is 4.36 Å². The molecule has 30 heavy (non-hydrogen) atoms. The molecule has 0 aromatic carbocycles. The maximum absolute atomic E-state index is 5.74. The zero-order valence-corrected chi connectivity index (χ0v) is 19.0. The van der Waals surface area contributed by atoms with Gasteiger partial charge in [-0.1, -0.05) is 18.0 Å². The average Bonchev–Trinajstić information content (AvgIpc) is 3.15. The molecule has 0 saturated carbocycles. The summed E-state index contributed by atoms with van der Waals surface area (Å²) in [6.45, 7) is 7.04. The van der Waals surface area contributed by atoms with Crippen LogP contribution in [0.25, 0.3) is 17.3 Å². The summed E-state index contributed by atoms with van der Waals surface area (Å²) in [5.41, 5.74) is 5.19. The molecule has 0 unspecified atom stereocenters. The van der Waals surface area contributed by atoms with Gasteiger partial charge in [-0.2, -0.15) is 0 Å². The van der Waals surface area contributed by atoms with Crippen LogP contribution in [0.3, 0.4) is 0 Å². The molecule has 0 bridgehead atoms. The molecule has 0 spiro atoms. The number of hydrogen-bond acceptors (Lipinski definition) is 6. The van der Waals surface area contributed by atoms with E-state index < -0.39 is 9.41 Å². The van der Waals surface area contributed by atoms with Gasteiger partial charge in [-0.25, -0.2) is 14.3 Å². The van der Waals surface area contributed by atoms with E-state index in [1.165, 1.54) is 0 Å². The third-order valence-electron chi connectivity index (χ3n) is 5.11. The Bertz CT molecular complexity index is 1090. The second kappa shape index (κ2) is 8.40. The summed E-state index contributed by atoms with van der Waals surface area (Å²) < 4.78 is 16.2. The minimum atomic E-state index is -1.35. The third kappa shape index (κ3) is 4.52. The Balaban J connectivity index is 1.89. The van der Waals surface area contributed by atoms with E-state index in [0.717, 1.165) is 60.2 Å². The largest absolute Gasteiger partial charge is 0.478 e. The van der Waals surface area contributed by atoms with Gasteiger partial charge in [-0.15, -0.1) is 9.41 Å². The fourth-order valence-electron chi connectivity index (χ4n) is 3.86. The summed E-state index contributed by atoms with van der Waals surface area (Å²) in [5.74, 6) is 5.59. The monoisotopic (exact) mass is 426 g/mol. The number of ether oxygens (including phenoxy) is 2. The predicted octanol–water partition coefficient (Wildman–Crippen LogP) is 4.00. The van der Waals surface area contributed by atoms with Crippen LogP contribution < -0.4 is 9.64 Å². The van der Waals surface area contributed by atoms with Gasteiger partial charge in [0, 0.05) is 48.0 Å². The van der Waals surface area contributed by atoms with E-state index in [4.69, 9.17) is 18.8 Å². The minimum Gasteiger partial charge on any atom is -0.478 e. The van der Waals surface area contributed by atoms with Crippen molar-refractivity contribution in [3.05, 3.63) is 35.5 Å². The van der Waals surface area contributed by atoms with Crippen molar-refractivity contribution in [2.45, 2.75) is 26.3 Å². The fraction of sp³-hybridized carbons (Fsp3) is 0.435. The molecule has 4 rings (SSSR count). The molecular weight excluding hydrogens is 396 g/mol. The molecular formula is C23H30N4O2S. The molecule has 1 aliphatic heterocycles. The van der Waals surface area contributed by atoms with Crippen LogP contribution in [0.1, 0.15) is 25.1 Å². The highest BCUT2D eigenvalue weighted by atomic mass is 32.2. The first kappa shape index (κ1) is 20.9. The predicted molar refractivity (Wildman–Crippen MR) is 127 cm³/mol. The first-order valence-corrected chi connectivity index (χ1v) is 12.9. The summed E-state index contributed by atoms with van der Waals surface area (Å²) in [6, 6.07) is 6.53. The van der Waals surface area contributed by atoms with Crippen LogP contribution in [0.15, 0.2) is 28.6 Å². The summed E-state index contributed by atoms with van der Waals surface area (Å²) in [5, 5.41) is 0. The van der Waals surface area contributed by atoms with Crippen LogP contribution in [0, 0.1) is 0 Å². The van der Waals surface area contributed by atoms with Crippen LogP contribution in [0.4, 0.5) is 11.5 Å². The van der Waals surface area contributed by atoms with E-state index in [9.17, 15) is 0 Å². The van der Waals surface area contributed by atoms with Gasteiger partial charge in [0.25, 0.3) is 0 Å². The van der Waals surface area contributed by atoms with Crippen molar-refractivity contribution in [3.63, 3.8) is 0 Å². The van der Waals surface area contributed by atoms with Crippen molar-refractivity contribution >= 4 is 32.9 Å². The molecule has 1 atom stereocenters. The number of morpholine rings is 1. The molecule has 0 N–H and O–H groups in total. The standard InChI is InChI=1S/C23H30N4O2S/c1-6-29-23-14-19(18-8-7-9-20(18)25-23)21-12-17(27-10-11-28-15-16(27)2)13-22(24-21)26-30(3,4)5/h7-8,12-14,16H,3,6,9-11,15H2,1-2,4-5H3/t16-/m1/s1. The van der Waals surface area contributed by atoms with Crippen molar-refractivity contribution in [1.82, 2.24) is 9.97 Å². The van der Waals surface area contributed by atoms with Crippen LogP contribution >= 0.6 is 0 Å². The summed E-state index contributed by atoms with van der Waals surface area (Å²) >= 11 is 0. The molecule has 2 aromatic rings. The second-order valence-corrected chi connectivity index (χ2v) is 11.3. The molecule has 7 heteroatoms. The molecule has 2 aliphatic rings. The van der Waals surface area contributed by atoms with Crippen LogP contribution in [0.2, 0.25) is 0 Å². The number of allylic oxidation sites excluding steroid dienone is 1. The van der Waals surface area contributed by atoms with Gasteiger partial charge in [0.1, 0.15) is 0 Å². The lowest BCUT2D eigenvalue weighted by atomic mass is 10.0. The third-order valence-corrected chi connectivity index (χ3v) is 5.80. The smallest absolute Gasteiger partial charge is 0.214 e. The van der Waals surface area contributed by atoms with E-state index in [1.807, 2.05) is 13.0 Å². The van der Waals surface area contributed by atoms with Crippen molar-refractivity contribution in [1.29, 1.82) is 0 Å². The highest BCUT2D eigenvalue weighted by molar-refractivity contribution is 8.01. The molecule has 2 aromatic heterocycles. The number of hydrogen-bond donors (Lipinski definition) is 0. The fourth-order valence-corrected chi connectivity index (χ4v) is 4.46. The van der Waals surface area contributed by atoms with E-state index in [0.29, 0.717) is 18.5 Å². The normalized spacial score (nSPS) is 18.4. The zero-order chi connectivity index (χ0) is 21.3. The topological polar surface area (TPSA) is 59.8 Å². The Morgan fingerprint density at radius 1 is 1.30 bits per heavy atom. The van der Waals surface area contributed by atoms with E-state index in [1.54, 1.807) is 0 Å². The zero-order valence-electron chi connectivity index (χ0n) is 18.2. The number of rotatable bonds is 5. The maximum Gasteiger partial charge on any atom is 0.214 e. The quantitative estimate of drug-likeness (QED) is 0.677. The highest BCUT2D eigenvalue weighted by Crippen LogP contribution is 2.36. The first-order valence-electron chi connectivity index (χ1n) is 10.3. The van der Waals surface area contributed by atoms with Crippen molar-refractivity contribution in [2.75, 3.05) is 43.8 Å². The molecule has 1 saturated heterocycles. The number of anilines is 1. The van der Waals surface area contributed by atoms with Crippen LogP contribution in [-0.4, -0.2) is 60.8 Å².